The van der Waals surface area contributed by atoms with Crippen LogP contribution in [0.25, 0.3) is 0 Å². The van der Waals surface area contributed by atoms with Crippen LogP contribution < -0.4 is 0 Å². The van der Waals surface area contributed by atoms with Gasteiger partial charge in [-0.3, -0.25) is 4.68 Å². The SMILES string of the molecule is CCOCc1nn(CC2CC2)c2c1CN(S(C)(=O)=O)CC2. The Balaban J connectivity index is 1.88. The summed E-state index contributed by atoms with van der Waals surface area (Å²) >= 11 is 0. The Bertz CT molecular complexity index is 620. The Morgan fingerprint density at radius 3 is 2.76 bits per heavy atom. The molecule has 6 nitrogen and oxygen atoms in total. The fraction of sp³-hybridized carbons (Fsp3) is 0.786. The van der Waals surface area contributed by atoms with Crippen LogP contribution in [0.3, 0.4) is 0 Å². The van der Waals surface area contributed by atoms with E-state index in [1.54, 1.807) is 0 Å². The average molecular weight is 313 g/mol. The summed E-state index contributed by atoms with van der Waals surface area (Å²) in [4.78, 5) is 0. The number of ether oxygens (including phenoxy) is 1. The lowest BCUT2D eigenvalue weighted by Gasteiger charge is -2.25. The second-order valence-corrected chi connectivity index (χ2v) is 7.96. The Hall–Kier alpha value is -0.920. The number of aromatic nitrogens is 2. The highest BCUT2D eigenvalue weighted by Gasteiger charge is 2.31. The molecule has 0 aromatic carbocycles. The zero-order valence-electron chi connectivity index (χ0n) is 12.7. The maximum absolute atomic E-state index is 11.8. The first-order valence-electron chi connectivity index (χ1n) is 7.59. The van der Waals surface area contributed by atoms with Gasteiger partial charge in [0.2, 0.25) is 10.0 Å². The van der Waals surface area contributed by atoms with E-state index in [2.05, 4.69) is 4.68 Å². The summed E-state index contributed by atoms with van der Waals surface area (Å²) in [6.45, 7) is 5.01. The fourth-order valence-electron chi connectivity index (χ4n) is 2.83. The van der Waals surface area contributed by atoms with Crippen LogP contribution in [-0.4, -0.2) is 41.9 Å². The highest BCUT2D eigenvalue weighted by Crippen LogP contribution is 2.33. The van der Waals surface area contributed by atoms with Crippen LogP contribution >= 0.6 is 0 Å². The van der Waals surface area contributed by atoms with Crippen molar-refractivity contribution in [1.82, 2.24) is 14.1 Å². The Morgan fingerprint density at radius 1 is 1.38 bits per heavy atom. The molecule has 0 saturated heterocycles. The van der Waals surface area contributed by atoms with Crippen molar-refractivity contribution in [1.29, 1.82) is 0 Å². The second-order valence-electron chi connectivity index (χ2n) is 5.98. The van der Waals surface area contributed by atoms with Gasteiger partial charge < -0.3 is 4.74 Å². The molecule has 0 N–H and O–H groups in total. The summed E-state index contributed by atoms with van der Waals surface area (Å²) in [6, 6.07) is 0. The highest BCUT2D eigenvalue weighted by atomic mass is 32.2. The van der Waals surface area contributed by atoms with Gasteiger partial charge in [-0.15, -0.1) is 0 Å². The number of nitrogens with zero attached hydrogens (tertiary/aromatic N) is 3. The van der Waals surface area contributed by atoms with Crippen molar-refractivity contribution >= 4 is 10.0 Å². The van der Waals surface area contributed by atoms with Crippen LogP contribution in [0, 0.1) is 5.92 Å². The smallest absolute Gasteiger partial charge is 0.211 e. The summed E-state index contributed by atoms with van der Waals surface area (Å²) in [6.07, 6.45) is 4.58. The number of fused-ring (bicyclic) bond motifs is 1. The topological polar surface area (TPSA) is 64.4 Å². The predicted molar refractivity (Wildman–Crippen MR) is 79.2 cm³/mol. The fourth-order valence-corrected chi connectivity index (χ4v) is 3.62. The highest BCUT2D eigenvalue weighted by molar-refractivity contribution is 7.88. The molecule has 0 atom stereocenters. The quantitative estimate of drug-likeness (QED) is 0.790. The van der Waals surface area contributed by atoms with E-state index in [9.17, 15) is 8.42 Å². The van der Waals surface area contributed by atoms with E-state index in [1.165, 1.54) is 29.1 Å². The zero-order valence-corrected chi connectivity index (χ0v) is 13.5. The Kier molecular flexibility index (Phi) is 4.07. The van der Waals surface area contributed by atoms with E-state index in [1.807, 2.05) is 6.92 Å². The van der Waals surface area contributed by atoms with Gasteiger partial charge >= 0.3 is 0 Å². The molecule has 2 heterocycles. The van der Waals surface area contributed by atoms with Gasteiger partial charge in [-0.25, -0.2) is 8.42 Å². The van der Waals surface area contributed by atoms with E-state index >= 15 is 0 Å². The van der Waals surface area contributed by atoms with E-state index < -0.39 is 10.0 Å². The molecule has 0 unspecified atom stereocenters. The molecule has 2 aliphatic rings. The number of hydrogen-bond acceptors (Lipinski definition) is 4. The van der Waals surface area contributed by atoms with Gasteiger partial charge in [0.05, 0.1) is 18.6 Å². The van der Waals surface area contributed by atoms with Crippen molar-refractivity contribution in [2.45, 2.75) is 45.9 Å². The van der Waals surface area contributed by atoms with Crippen LogP contribution in [-0.2, 0) is 40.9 Å². The van der Waals surface area contributed by atoms with E-state index in [4.69, 9.17) is 9.84 Å². The van der Waals surface area contributed by atoms with Gasteiger partial charge in [0.15, 0.2) is 0 Å². The third-order valence-electron chi connectivity index (χ3n) is 4.22. The van der Waals surface area contributed by atoms with Crippen molar-refractivity contribution in [3.63, 3.8) is 0 Å². The average Bonchev–Trinajstić information content (AvgIpc) is 3.18. The first-order valence-corrected chi connectivity index (χ1v) is 9.44. The lowest BCUT2D eigenvalue weighted by Crippen LogP contribution is -2.35. The molecule has 3 rings (SSSR count). The number of hydrogen-bond donors (Lipinski definition) is 0. The first kappa shape index (κ1) is 15.0. The van der Waals surface area contributed by atoms with E-state index in [0.717, 1.165) is 30.1 Å². The molecule has 1 saturated carbocycles. The minimum atomic E-state index is -3.15. The minimum absolute atomic E-state index is 0.432. The molecule has 0 spiro atoms. The standard InChI is InChI=1S/C14H23N3O3S/c1-3-20-10-13-12-9-16(21(2,18)19)7-6-14(12)17(15-13)8-11-4-5-11/h11H,3-10H2,1-2H3. The van der Waals surface area contributed by atoms with Crippen molar-refractivity contribution in [2.75, 3.05) is 19.4 Å². The summed E-state index contributed by atoms with van der Waals surface area (Å²) in [5.41, 5.74) is 3.16. The number of sulfonamides is 1. The predicted octanol–water partition coefficient (Wildman–Crippen LogP) is 1.15. The molecule has 21 heavy (non-hydrogen) atoms. The minimum Gasteiger partial charge on any atom is -0.375 e. The third-order valence-corrected chi connectivity index (χ3v) is 5.47. The third kappa shape index (κ3) is 3.30. The summed E-state index contributed by atoms with van der Waals surface area (Å²) < 4.78 is 32.7. The van der Waals surface area contributed by atoms with Gasteiger partial charge in [-0.05, 0) is 25.7 Å². The van der Waals surface area contributed by atoms with Crippen LogP contribution in [0.1, 0.15) is 36.7 Å². The molecular weight excluding hydrogens is 290 g/mol. The van der Waals surface area contributed by atoms with Gasteiger partial charge in [-0.1, -0.05) is 0 Å². The lowest BCUT2D eigenvalue weighted by molar-refractivity contribution is 0.129. The van der Waals surface area contributed by atoms with Crippen molar-refractivity contribution < 1.29 is 13.2 Å². The second kappa shape index (κ2) is 5.70. The molecule has 1 aliphatic carbocycles. The van der Waals surface area contributed by atoms with Crippen LogP contribution in [0.15, 0.2) is 0 Å². The maximum Gasteiger partial charge on any atom is 0.211 e. The summed E-state index contributed by atoms with van der Waals surface area (Å²) in [5, 5.41) is 4.70. The monoisotopic (exact) mass is 313 g/mol. The zero-order chi connectivity index (χ0) is 15.0. The van der Waals surface area contributed by atoms with Crippen molar-refractivity contribution in [2.24, 2.45) is 5.92 Å². The first-order chi connectivity index (χ1) is 9.99. The molecule has 118 valence electrons. The largest absolute Gasteiger partial charge is 0.375 e. The normalized spacial score (nSPS) is 19.7. The van der Waals surface area contributed by atoms with Crippen LogP contribution in [0.2, 0.25) is 0 Å². The van der Waals surface area contributed by atoms with Gasteiger partial charge in [-0.2, -0.15) is 9.40 Å². The van der Waals surface area contributed by atoms with Crippen molar-refractivity contribution in [3.05, 3.63) is 17.0 Å². The van der Waals surface area contributed by atoms with E-state index in [0.29, 0.717) is 26.3 Å². The lowest BCUT2D eigenvalue weighted by atomic mass is 10.1. The molecule has 1 aromatic heterocycles. The summed E-state index contributed by atoms with van der Waals surface area (Å²) in [7, 11) is -3.15. The van der Waals surface area contributed by atoms with Crippen molar-refractivity contribution in [3.8, 4) is 0 Å². The molecule has 0 radical (unpaired) electrons. The summed E-state index contributed by atoms with van der Waals surface area (Å²) in [5.74, 6) is 0.752. The van der Waals surface area contributed by atoms with E-state index in [-0.39, 0.29) is 0 Å². The molecule has 0 amide bonds. The Morgan fingerprint density at radius 2 is 2.14 bits per heavy atom. The van der Waals surface area contributed by atoms with Gasteiger partial charge in [0.25, 0.3) is 0 Å². The molecule has 1 aromatic rings. The van der Waals surface area contributed by atoms with Gasteiger partial charge in [0.1, 0.15) is 0 Å². The number of rotatable bonds is 6. The molecule has 0 bridgehead atoms. The van der Waals surface area contributed by atoms with Crippen LogP contribution in [0.4, 0.5) is 0 Å². The molecule has 1 aliphatic heterocycles. The van der Waals surface area contributed by atoms with Crippen LogP contribution in [0.5, 0.6) is 0 Å². The maximum atomic E-state index is 11.8. The molecule has 7 heteroatoms. The van der Waals surface area contributed by atoms with Gasteiger partial charge in [0, 0.05) is 43.9 Å². The Labute approximate surface area is 126 Å². The molecule has 1 fully saturated rings. The molecular formula is C14H23N3O3S.